The van der Waals surface area contributed by atoms with Crippen molar-refractivity contribution < 1.29 is 4.80 Å². The molecule has 25 heavy (non-hydrogen) atoms. The Morgan fingerprint density at radius 1 is 0.960 bits per heavy atom. The van der Waals surface area contributed by atoms with E-state index < -0.39 is 8.32 Å². The van der Waals surface area contributed by atoms with Crippen LogP contribution >= 0.6 is 0 Å². The Morgan fingerprint density at radius 2 is 1.56 bits per heavy atom. The third-order valence-corrected chi connectivity index (χ3v) is 9.31. The van der Waals surface area contributed by atoms with Crippen LogP contribution in [0.5, 0.6) is 0 Å². The first-order chi connectivity index (χ1) is 11.7. The van der Waals surface area contributed by atoms with Crippen LogP contribution in [-0.2, 0) is 13.0 Å². The number of nitrogens with zero attached hydrogens (tertiary/aromatic N) is 1. The van der Waals surface area contributed by atoms with Crippen LogP contribution in [0.1, 0.15) is 30.7 Å². The molecular weight excluding hydrogens is 322 g/mol. The Morgan fingerprint density at radius 3 is 2.20 bits per heavy atom. The number of hydrogen-bond acceptors (Lipinski definition) is 1. The van der Waals surface area contributed by atoms with E-state index in [1.165, 1.54) is 27.7 Å². The van der Waals surface area contributed by atoms with Gasteiger partial charge in [0.1, 0.15) is 0 Å². The molecule has 0 aliphatic rings. The van der Waals surface area contributed by atoms with Gasteiger partial charge >= 0.3 is 0 Å². The van der Waals surface area contributed by atoms with Crippen molar-refractivity contribution in [1.82, 2.24) is 4.57 Å². The summed E-state index contributed by atoms with van der Waals surface area (Å²) in [5.74, 6) is 0. The van der Waals surface area contributed by atoms with Gasteiger partial charge in [0.05, 0.1) is 0 Å². The lowest BCUT2D eigenvalue weighted by Crippen LogP contribution is -2.40. The van der Waals surface area contributed by atoms with Crippen molar-refractivity contribution in [2.75, 3.05) is 0 Å². The number of hydrogen-bond donors (Lipinski definition) is 1. The van der Waals surface area contributed by atoms with Crippen LogP contribution in [-0.4, -0.2) is 17.7 Å². The first-order valence-corrected chi connectivity index (χ1v) is 12.0. The second-order valence-corrected chi connectivity index (χ2v) is 12.7. The van der Waals surface area contributed by atoms with Gasteiger partial charge in [0, 0.05) is 23.1 Å². The van der Waals surface area contributed by atoms with Crippen LogP contribution in [0.2, 0.25) is 18.1 Å². The second-order valence-electron chi connectivity index (χ2n) is 8.27. The first-order valence-electron chi connectivity index (χ1n) is 9.04. The molecule has 0 atom stereocenters. The zero-order chi connectivity index (χ0) is 18.2. The van der Waals surface area contributed by atoms with Gasteiger partial charge in [-0.2, -0.15) is 0 Å². The van der Waals surface area contributed by atoms with Crippen LogP contribution in [0.15, 0.2) is 54.6 Å². The summed E-state index contributed by atoms with van der Waals surface area (Å²) < 4.78 is 2.42. The van der Waals surface area contributed by atoms with E-state index in [0.717, 1.165) is 13.0 Å². The molecule has 0 bridgehead atoms. The smallest absolute Gasteiger partial charge is 0.188 e. The van der Waals surface area contributed by atoms with Crippen LogP contribution in [0, 0.1) is 6.92 Å². The molecule has 3 aromatic rings. The van der Waals surface area contributed by atoms with E-state index in [0.29, 0.717) is 0 Å². The van der Waals surface area contributed by atoms with E-state index >= 15 is 0 Å². The van der Waals surface area contributed by atoms with Gasteiger partial charge in [-0.3, -0.25) is 0 Å². The maximum absolute atomic E-state index is 10.7. The highest BCUT2D eigenvalue weighted by molar-refractivity contribution is 6.72. The predicted molar refractivity (Wildman–Crippen MR) is 110 cm³/mol. The molecule has 0 radical (unpaired) electrons. The Labute approximate surface area is 152 Å². The summed E-state index contributed by atoms with van der Waals surface area (Å²) in [5, 5.41) is 1.25. The Bertz CT molecular complexity index is 872. The summed E-state index contributed by atoms with van der Waals surface area (Å²) in [6, 6.07) is 19.3. The van der Waals surface area contributed by atoms with Crippen molar-refractivity contribution in [3.8, 4) is 0 Å². The molecule has 0 amide bonds. The Hall–Kier alpha value is -1.84. The minimum absolute atomic E-state index is 0.0700. The molecule has 2 nitrogen and oxygen atoms in total. The molecule has 3 rings (SSSR count). The summed E-state index contributed by atoms with van der Waals surface area (Å²) in [5.41, 5.74) is 5.30. The number of para-hydroxylation sites is 1. The number of fused-ring (bicyclic) bond motifs is 1. The maximum atomic E-state index is 10.7. The molecular formula is C22H29NOSi. The van der Waals surface area contributed by atoms with E-state index in [-0.39, 0.29) is 5.04 Å². The average molecular weight is 352 g/mol. The van der Waals surface area contributed by atoms with E-state index in [1.54, 1.807) is 0 Å². The van der Waals surface area contributed by atoms with Gasteiger partial charge in [-0.05, 0) is 48.7 Å². The molecule has 0 unspecified atom stereocenters. The van der Waals surface area contributed by atoms with Crippen molar-refractivity contribution in [3.63, 3.8) is 0 Å². The monoisotopic (exact) mass is 351 g/mol. The van der Waals surface area contributed by atoms with E-state index in [9.17, 15) is 4.80 Å². The summed E-state index contributed by atoms with van der Waals surface area (Å²) in [6.07, 6.45) is 0.914. The molecule has 2 aromatic carbocycles. The fraction of sp³-hybridized carbons (Fsp3) is 0.364. The summed E-state index contributed by atoms with van der Waals surface area (Å²) in [4.78, 5) is 10.7. The van der Waals surface area contributed by atoms with Gasteiger partial charge in [-0.1, -0.05) is 62.4 Å². The minimum Gasteiger partial charge on any atom is -0.432 e. The van der Waals surface area contributed by atoms with Gasteiger partial charge < -0.3 is 9.36 Å². The highest BCUT2D eigenvalue weighted by Gasteiger charge is 2.39. The van der Waals surface area contributed by atoms with Crippen molar-refractivity contribution in [1.29, 1.82) is 0 Å². The van der Waals surface area contributed by atoms with Crippen LogP contribution in [0.4, 0.5) is 0 Å². The molecule has 1 aromatic heterocycles. The van der Waals surface area contributed by atoms with Crippen molar-refractivity contribution in [2.24, 2.45) is 0 Å². The van der Waals surface area contributed by atoms with Crippen LogP contribution in [0.25, 0.3) is 10.9 Å². The minimum atomic E-state index is -2.25. The third-order valence-electron chi connectivity index (χ3n) is 5.82. The molecule has 0 saturated carbocycles. The summed E-state index contributed by atoms with van der Waals surface area (Å²) in [7, 11) is -2.25. The summed E-state index contributed by atoms with van der Waals surface area (Å²) >= 11 is 0. The molecule has 0 saturated heterocycles. The standard InChI is InChI=1S/C22H29NOSi/c1-17-20(15-22(2,3)25(4,5)24)19-13-9-10-14-21(19)23(17)16-18-11-7-6-8-12-18/h6-14,24H,15-16H2,1-5H3. The first kappa shape index (κ1) is 18.0. The molecule has 1 N–H and O–H groups in total. The van der Waals surface area contributed by atoms with E-state index in [1.807, 2.05) is 13.1 Å². The highest BCUT2D eigenvalue weighted by atomic mass is 28.4. The van der Waals surface area contributed by atoms with Crippen LogP contribution < -0.4 is 0 Å². The van der Waals surface area contributed by atoms with Crippen LogP contribution in [0.3, 0.4) is 0 Å². The van der Waals surface area contributed by atoms with Gasteiger partial charge in [0.2, 0.25) is 0 Å². The Kier molecular flexibility index (Phi) is 4.65. The topological polar surface area (TPSA) is 25.2 Å². The lowest BCUT2D eigenvalue weighted by molar-refractivity contribution is 0.467. The normalized spacial score (nSPS) is 12.7. The lowest BCUT2D eigenvalue weighted by atomic mass is 9.99. The quantitative estimate of drug-likeness (QED) is 0.602. The van der Waals surface area contributed by atoms with E-state index in [2.05, 4.69) is 79.9 Å². The van der Waals surface area contributed by atoms with Gasteiger partial charge in [-0.25, -0.2) is 0 Å². The number of aromatic nitrogens is 1. The van der Waals surface area contributed by atoms with E-state index in [4.69, 9.17) is 0 Å². The predicted octanol–water partition coefficient (Wildman–Crippen LogP) is 5.52. The summed E-state index contributed by atoms with van der Waals surface area (Å²) in [6.45, 7) is 11.6. The van der Waals surface area contributed by atoms with Crippen molar-refractivity contribution >= 4 is 19.2 Å². The Balaban J connectivity index is 2.10. The van der Waals surface area contributed by atoms with Crippen molar-refractivity contribution in [3.05, 3.63) is 71.4 Å². The zero-order valence-corrected chi connectivity index (χ0v) is 17.0. The molecule has 0 fully saturated rings. The highest BCUT2D eigenvalue weighted by Crippen LogP contribution is 2.41. The number of rotatable bonds is 5. The van der Waals surface area contributed by atoms with Gasteiger partial charge in [0.15, 0.2) is 8.32 Å². The van der Waals surface area contributed by atoms with Gasteiger partial charge in [-0.15, -0.1) is 0 Å². The molecule has 0 aliphatic carbocycles. The number of benzene rings is 2. The third kappa shape index (κ3) is 3.44. The average Bonchev–Trinajstić information content (AvgIpc) is 2.81. The van der Waals surface area contributed by atoms with Gasteiger partial charge in [0.25, 0.3) is 0 Å². The SMILES string of the molecule is Cc1c(CC(C)(C)[Si](C)(C)O)c2ccccc2n1Cc1ccccc1. The maximum Gasteiger partial charge on any atom is 0.188 e. The molecule has 1 heterocycles. The zero-order valence-electron chi connectivity index (χ0n) is 16.0. The fourth-order valence-electron chi connectivity index (χ4n) is 3.35. The molecule has 0 aliphatic heterocycles. The van der Waals surface area contributed by atoms with Crippen molar-refractivity contribution in [2.45, 2.75) is 51.9 Å². The molecule has 3 heteroatoms. The lowest BCUT2D eigenvalue weighted by Gasteiger charge is -2.35. The molecule has 0 spiro atoms. The fourth-order valence-corrected chi connectivity index (χ4v) is 3.96. The largest absolute Gasteiger partial charge is 0.432 e. The molecule has 132 valence electrons. The second kappa shape index (κ2) is 6.47.